The molecule has 1 aromatic carbocycles. The number of nitrogens with one attached hydrogen (secondary N) is 1. The summed E-state index contributed by atoms with van der Waals surface area (Å²) in [7, 11) is 0. The van der Waals surface area contributed by atoms with Crippen molar-refractivity contribution in [1.29, 1.82) is 0 Å². The molecular formula is C15H23F2NO3. The van der Waals surface area contributed by atoms with Crippen LogP contribution in [-0.4, -0.2) is 43.7 Å². The minimum absolute atomic E-state index is 0.163. The number of hydrogen-bond acceptors (Lipinski definition) is 4. The normalized spacial score (nSPS) is 12.9. The van der Waals surface area contributed by atoms with Gasteiger partial charge in [-0.25, -0.2) is 8.78 Å². The Morgan fingerprint density at radius 1 is 1.19 bits per heavy atom. The smallest absolute Gasteiger partial charge is 0.159 e. The van der Waals surface area contributed by atoms with E-state index < -0.39 is 17.7 Å². The van der Waals surface area contributed by atoms with Crippen LogP contribution in [0.25, 0.3) is 0 Å². The number of aliphatic hydroxyl groups excluding tert-OH is 1. The highest BCUT2D eigenvalue weighted by Gasteiger charge is 2.06. The van der Waals surface area contributed by atoms with Gasteiger partial charge in [-0.3, -0.25) is 0 Å². The zero-order valence-electron chi connectivity index (χ0n) is 12.4. The fourth-order valence-electron chi connectivity index (χ4n) is 1.65. The van der Waals surface area contributed by atoms with E-state index in [0.29, 0.717) is 31.9 Å². The SMILES string of the molecule is CC(C)OCCOCC(O)CNCc1ccc(F)c(F)c1. The van der Waals surface area contributed by atoms with Crippen LogP contribution in [0, 0.1) is 11.6 Å². The Labute approximate surface area is 124 Å². The molecule has 2 N–H and O–H groups in total. The van der Waals surface area contributed by atoms with Crippen LogP contribution in [0.5, 0.6) is 0 Å². The Bertz CT molecular complexity index is 416. The minimum Gasteiger partial charge on any atom is -0.389 e. The lowest BCUT2D eigenvalue weighted by Crippen LogP contribution is -2.30. The number of aliphatic hydroxyl groups is 1. The van der Waals surface area contributed by atoms with Crippen LogP contribution in [0.2, 0.25) is 0 Å². The Balaban J connectivity index is 2.10. The van der Waals surface area contributed by atoms with Crippen molar-refractivity contribution in [2.75, 3.05) is 26.4 Å². The minimum atomic E-state index is -0.872. The zero-order valence-corrected chi connectivity index (χ0v) is 12.4. The summed E-state index contributed by atoms with van der Waals surface area (Å²) in [5.74, 6) is -1.74. The van der Waals surface area contributed by atoms with E-state index in [0.717, 1.165) is 12.1 Å². The molecule has 0 saturated carbocycles. The van der Waals surface area contributed by atoms with E-state index >= 15 is 0 Å². The molecule has 0 aliphatic rings. The van der Waals surface area contributed by atoms with Crippen molar-refractivity contribution in [3.63, 3.8) is 0 Å². The largest absolute Gasteiger partial charge is 0.389 e. The molecule has 1 unspecified atom stereocenters. The standard InChI is InChI=1S/C15H23F2NO3/c1-11(2)21-6-5-20-10-13(19)9-18-8-12-3-4-14(16)15(17)7-12/h3-4,7,11,13,18-19H,5-6,8-10H2,1-2H3. The van der Waals surface area contributed by atoms with Crippen molar-refractivity contribution in [2.45, 2.75) is 32.6 Å². The predicted molar refractivity (Wildman–Crippen MR) is 76.0 cm³/mol. The summed E-state index contributed by atoms with van der Waals surface area (Å²) in [6, 6.07) is 3.71. The average molecular weight is 303 g/mol. The second kappa shape index (κ2) is 9.78. The van der Waals surface area contributed by atoms with Gasteiger partial charge in [0.05, 0.1) is 32.0 Å². The van der Waals surface area contributed by atoms with E-state index in [4.69, 9.17) is 9.47 Å². The van der Waals surface area contributed by atoms with E-state index in [9.17, 15) is 13.9 Å². The second-order valence-electron chi connectivity index (χ2n) is 5.03. The second-order valence-corrected chi connectivity index (χ2v) is 5.03. The Hall–Kier alpha value is -1.08. The Kier molecular flexibility index (Phi) is 8.37. The van der Waals surface area contributed by atoms with Crippen molar-refractivity contribution in [2.24, 2.45) is 0 Å². The number of benzene rings is 1. The quantitative estimate of drug-likeness (QED) is 0.648. The van der Waals surface area contributed by atoms with Crippen LogP contribution < -0.4 is 5.32 Å². The first-order valence-electron chi connectivity index (χ1n) is 7.01. The third-order valence-electron chi connectivity index (χ3n) is 2.68. The molecule has 0 heterocycles. The molecule has 0 bridgehead atoms. The third-order valence-corrected chi connectivity index (χ3v) is 2.68. The van der Waals surface area contributed by atoms with Crippen molar-refractivity contribution in [1.82, 2.24) is 5.32 Å². The van der Waals surface area contributed by atoms with Gasteiger partial charge in [-0.15, -0.1) is 0 Å². The molecule has 0 spiro atoms. The fraction of sp³-hybridized carbons (Fsp3) is 0.600. The van der Waals surface area contributed by atoms with Crippen molar-refractivity contribution < 1.29 is 23.4 Å². The summed E-state index contributed by atoms with van der Waals surface area (Å²) in [5.41, 5.74) is 0.618. The topological polar surface area (TPSA) is 50.7 Å². The van der Waals surface area contributed by atoms with E-state index in [1.54, 1.807) is 0 Å². The lowest BCUT2D eigenvalue weighted by atomic mass is 10.2. The maximum Gasteiger partial charge on any atom is 0.159 e. The van der Waals surface area contributed by atoms with Crippen LogP contribution in [0.1, 0.15) is 19.4 Å². The van der Waals surface area contributed by atoms with Gasteiger partial charge in [-0.1, -0.05) is 6.07 Å². The summed E-state index contributed by atoms with van der Waals surface area (Å²) >= 11 is 0. The highest BCUT2D eigenvalue weighted by Crippen LogP contribution is 2.08. The lowest BCUT2D eigenvalue weighted by molar-refractivity contribution is -0.0100. The summed E-state index contributed by atoms with van der Waals surface area (Å²) in [4.78, 5) is 0. The molecule has 0 aliphatic heterocycles. The molecule has 0 saturated heterocycles. The Morgan fingerprint density at radius 3 is 2.62 bits per heavy atom. The predicted octanol–water partition coefficient (Wildman–Crippen LogP) is 1.86. The van der Waals surface area contributed by atoms with Gasteiger partial charge in [0.2, 0.25) is 0 Å². The van der Waals surface area contributed by atoms with Crippen LogP contribution in [-0.2, 0) is 16.0 Å². The summed E-state index contributed by atoms with van der Waals surface area (Å²) in [6.07, 6.45) is -0.495. The highest BCUT2D eigenvalue weighted by molar-refractivity contribution is 5.17. The number of ether oxygens (including phenoxy) is 2. The molecule has 120 valence electrons. The number of halogens is 2. The first kappa shape index (κ1) is 18.0. The average Bonchev–Trinajstić information content (AvgIpc) is 2.42. The van der Waals surface area contributed by atoms with Gasteiger partial charge >= 0.3 is 0 Å². The van der Waals surface area contributed by atoms with Gasteiger partial charge in [0.1, 0.15) is 0 Å². The van der Waals surface area contributed by atoms with E-state index in [1.807, 2.05) is 13.8 Å². The molecule has 6 heteroatoms. The van der Waals surface area contributed by atoms with Crippen LogP contribution >= 0.6 is 0 Å². The molecule has 0 amide bonds. The van der Waals surface area contributed by atoms with Gasteiger partial charge in [0.15, 0.2) is 11.6 Å². The van der Waals surface area contributed by atoms with Crippen molar-refractivity contribution in [3.8, 4) is 0 Å². The van der Waals surface area contributed by atoms with Crippen LogP contribution in [0.4, 0.5) is 8.78 Å². The van der Waals surface area contributed by atoms with Crippen molar-refractivity contribution in [3.05, 3.63) is 35.4 Å². The van der Waals surface area contributed by atoms with Gasteiger partial charge < -0.3 is 19.9 Å². The molecule has 1 aromatic rings. The summed E-state index contributed by atoms with van der Waals surface area (Å²) in [5, 5.41) is 12.6. The van der Waals surface area contributed by atoms with E-state index in [-0.39, 0.29) is 12.7 Å². The molecule has 1 rings (SSSR count). The first-order chi connectivity index (χ1) is 9.99. The highest BCUT2D eigenvalue weighted by atomic mass is 19.2. The van der Waals surface area contributed by atoms with Gasteiger partial charge in [0, 0.05) is 13.1 Å². The van der Waals surface area contributed by atoms with Crippen LogP contribution in [0.15, 0.2) is 18.2 Å². The van der Waals surface area contributed by atoms with Crippen LogP contribution in [0.3, 0.4) is 0 Å². The summed E-state index contributed by atoms with van der Waals surface area (Å²) in [6.45, 7) is 5.67. The monoisotopic (exact) mass is 303 g/mol. The molecule has 0 radical (unpaired) electrons. The molecule has 21 heavy (non-hydrogen) atoms. The van der Waals surface area contributed by atoms with Gasteiger partial charge in [0.25, 0.3) is 0 Å². The van der Waals surface area contributed by atoms with Gasteiger partial charge in [-0.05, 0) is 31.5 Å². The van der Waals surface area contributed by atoms with E-state index in [1.165, 1.54) is 6.07 Å². The first-order valence-corrected chi connectivity index (χ1v) is 7.01. The maximum absolute atomic E-state index is 13.0. The maximum atomic E-state index is 13.0. The molecule has 0 aliphatic carbocycles. The third kappa shape index (κ3) is 8.06. The number of hydrogen-bond donors (Lipinski definition) is 2. The zero-order chi connectivity index (χ0) is 15.7. The molecule has 1 atom stereocenters. The lowest BCUT2D eigenvalue weighted by Gasteiger charge is -2.13. The van der Waals surface area contributed by atoms with Gasteiger partial charge in [-0.2, -0.15) is 0 Å². The van der Waals surface area contributed by atoms with E-state index in [2.05, 4.69) is 5.32 Å². The fourth-order valence-corrected chi connectivity index (χ4v) is 1.65. The molecule has 4 nitrogen and oxygen atoms in total. The molecule has 0 aromatic heterocycles. The summed E-state index contributed by atoms with van der Waals surface area (Å²) < 4.78 is 36.3. The number of rotatable bonds is 10. The van der Waals surface area contributed by atoms with Crippen molar-refractivity contribution >= 4 is 0 Å². The molecule has 0 fully saturated rings. The molecular weight excluding hydrogens is 280 g/mol. The Morgan fingerprint density at radius 2 is 1.95 bits per heavy atom.